The van der Waals surface area contributed by atoms with Crippen LogP contribution in [0.2, 0.25) is 0 Å². The number of likely N-dealkylation sites (N-methyl/N-ethyl adjacent to an activating group) is 7. The lowest BCUT2D eigenvalue weighted by Crippen LogP contribution is -2.63. The van der Waals surface area contributed by atoms with Gasteiger partial charge in [0.2, 0.25) is 65.0 Å². The molecule has 0 bridgehead atoms. The number of hydrogen-bond donors (Lipinski definition) is 5. The third-order valence-corrected chi connectivity index (χ3v) is 17.3. The van der Waals surface area contributed by atoms with Crippen molar-refractivity contribution in [1.29, 1.82) is 0 Å². The van der Waals surface area contributed by atoms with E-state index in [0.29, 0.717) is 6.42 Å². The summed E-state index contributed by atoms with van der Waals surface area (Å²) >= 11 is 0. The molecule has 13 atom stereocenters. The summed E-state index contributed by atoms with van der Waals surface area (Å²) in [5.74, 6) is -10.2. The highest BCUT2D eigenvalue weighted by Gasteiger charge is 2.46. The van der Waals surface area contributed by atoms with E-state index in [2.05, 4.69) is 21.3 Å². The fourth-order valence-corrected chi connectivity index (χ4v) is 11.5. The number of nitrogens with one attached hydrogen (secondary N) is 4. The lowest BCUT2D eigenvalue weighted by Gasteiger charge is -2.41. The molecule has 1 heterocycles. The number of carbonyl (C=O) groups excluding carboxylic acids is 11. The van der Waals surface area contributed by atoms with Crippen molar-refractivity contribution < 1.29 is 62.6 Å². The minimum absolute atomic E-state index is 0.00420. The predicted molar refractivity (Wildman–Crippen MR) is 360 cm³/mol. The highest BCUT2D eigenvalue weighted by atomic mass is 16.5. The van der Waals surface area contributed by atoms with E-state index in [9.17, 15) is 43.5 Å². The molecule has 2 rings (SSSR count). The maximum Gasteiger partial charge on any atom is 0.246 e. The van der Waals surface area contributed by atoms with Crippen molar-refractivity contribution in [2.45, 2.75) is 216 Å². The number of carbonyl (C=O) groups is 11. The first-order valence-corrected chi connectivity index (χ1v) is 33.0. The summed E-state index contributed by atoms with van der Waals surface area (Å²) < 4.78 is 6.21. The first-order valence-electron chi connectivity index (χ1n) is 33.0. The number of amides is 11. The lowest BCUT2D eigenvalue weighted by atomic mass is 9.91. The molecule has 11 amide bonds. The zero-order chi connectivity index (χ0) is 71.2. The maximum atomic E-state index is 15.2. The van der Waals surface area contributed by atoms with Gasteiger partial charge in [0, 0.05) is 49.3 Å². The van der Waals surface area contributed by atoms with Crippen LogP contribution in [0.4, 0.5) is 0 Å². The van der Waals surface area contributed by atoms with Crippen LogP contribution in [0, 0.1) is 35.5 Å². The van der Waals surface area contributed by atoms with E-state index in [1.54, 1.807) is 73.6 Å². The summed E-state index contributed by atoms with van der Waals surface area (Å²) in [7, 11) is 9.80. The van der Waals surface area contributed by atoms with E-state index in [1.807, 2.05) is 78.0 Å². The molecule has 1 aromatic carbocycles. The van der Waals surface area contributed by atoms with Crippen LogP contribution < -0.4 is 21.3 Å². The largest absolute Gasteiger partial charge is 0.390 e. The van der Waals surface area contributed by atoms with Gasteiger partial charge in [0.1, 0.15) is 60.4 Å². The molecule has 0 unspecified atom stereocenters. The van der Waals surface area contributed by atoms with Crippen molar-refractivity contribution in [3.63, 3.8) is 0 Å². The van der Waals surface area contributed by atoms with Gasteiger partial charge < -0.3 is 65.4 Å². The van der Waals surface area contributed by atoms with Crippen molar-refractivity contribution in [1.82, 2.24) is 55.6 Å². The molecule has 1 saturated heterocycles. The number of ether oxygens (including phenoxy) is 1. The minimum Gasteiger partial charge on any atom is -0.390 e. The molecule has 93 heavy (non-hydrogen) atoms. The number of aliphatic hydroxyl groups excluding tert-OH is 1. The van der Waals surface area contributed by atoms with Gasteiger partial charge in [0.25, 0.3) is 0 Å². The Morgan fingerprint density at radius 2 is 1.00 bits per heavy atom. The Hall–Kier alpha value is -7.21. The van der Waals surface area contributed by atoms with Gasteiger partial charge >= 0.3 is 0 Å². The molecule has 524 valence electrons. The second-order valence-corrected chi connectivity index (χ2v) is 27.2. The number of nitrogens with zero attached hydrogens (tertiary/aromatic N) is 7. The molecule has 0 spiro atoms. The average molecular weight is 1310 g/mol. The van der Waals surface area contributed by atoms with Gasteiger partial charge in [-0.05, 0) is 101 Å². The molecule has 0 aliphatic carbocycles. The molecular weight excluding hydrogens is 1190 g/mol. The Morgan fingerprint density at radius 1 is 0.516 bits per heavy atom. The topological polar surface area (TPSA) is 288 Å². The Labute approximate surface area is 554 Å². The maximum absolute atomic E-state index is 15.2. The molecule has 0 aromatic heterocycles. The molecule has 0 saturated carbocycles. The van der Waals surface area contributed by atoms with Gasteiger partial charge in [0.15, 0.2) is 0 Å². The van der Waals surface area contributed by atoms with E-state index in [-0.39, 0.29) is 50.0 Å². The van der Waals surface area contributed by atoms with Crippen molar-refractivity contribution in [2.24, 2.45) is 35.5 Å². The molecule has 1 aromatic rings. The van der Waals surface area contributed by atoms with E-state index in [4.69, 9.17) is 4.74 Å². The molecular formula is C69H115N11O13. The van der Waals surface area contributed by atoms with Gasteiger partial charge in [-0.2, -0.15) is 0 Å². The summed E-state index contributed by atoms with van der Waals surface area (Å²) in [6.07, 6.45) is 5.27. The molecule has 24 nitrogen and oxygen atoms in total. The van der Waals surface area contributed by atoms with Crippen LogP contribution in [0.1, 0.15) is 148 Å². The second kappa shape index (κ2) is 38.2. The highest BCUT2D eigenvalue weighted by Crippen LogP contribution is 2.26. The first kappa shape index (κ1) is 81.9. The molecule has 1 aliphatic heterocycles. The lowest BCUT2D eigenvalue weighted by molar-refractivity contribution is -0.157. The number of rotatable bonds is 18. The molecule has 1 aliphatic rings. The minimum atomic E-state index is -1.64. The number of aliphatic hydroxyl groups is 1. The summed E-state index contributed by atoms with van der Waals surface area (Å²) in [6.45, 7) is 27.0. The molecule has 1 fully saturated rings. The summed E-state index contributed by atoms with van der Waals surface area (Å²) in [5.41, 5.74) is 0.884. The number of hydrogen-bond acceptors (Lipinski definition) is 13. The molecule has 24 heteroatoms. The zero-order valence-corrected chi connectivity index (χ0v) is 60.0. The molecule has 5 N–H and O–H groups in total. The SMILES string of the molecule is CC=CC[C@@H](C)[C@@H](O)[C@H]1C(=O)N[C@@H](CC)C(=O)N(C)CC(=O)N(C)[C@@H]([C@@H](C)OCC=Cc2ccccc2)C(=O)N[C@@H](C(C)C)C(=O)N(C)[C@@H](CC(C)C)C(=O)N[C@@H](C)C(=O)N[C@H](C)C(=O)N(C)[C@@H](CC(C)C)C(=O)N(C)[C@@H](CC(C)C)C(=O)N(C)[C@@H](C(C)C)C(=O)N1C. The Kier molecular flexibility index (Phi) is 33.7. The number of allylic oxidation sites excluding steroid dienone is 2. The van der Waals surface area contributed by atoms with Crippen LogP contribution in [-0.2, 0) is 57.5 Å². The van der Waals surface area contributed by atoms with Gasteiger partial charge in [-0.3, -0.25) is 52.7 Å². The molecule has 0 radical (unpaired) electrons. The Bertz CT molecular complexity index is 2740. The van der Waals surface area contributed by atoms with Crippen LogP contribution in [0.3, 0.4) is 0 Å². The van der Waals surface area contributed by atoms with Crippen molar-refractivity contribution in [3.8, 4) is 0 Å². The fourth-order valence-electron chi connectivity index (χ4n) is 11.5. The van der Waals surface area contributed by atoms with E-state index in [1.165, 1.54) is 82.8 Å². The summed E-state index contributed by atoms with van der Waals surface area (Å²) in [6, 6.07) is -3.53. The van der Waals surface area contributed by atoms with Crippen LogP contribution in [-0.4, -0.2) is 239 Å². The third kappa shape index (κ3) is 23.3. The van der Waals surface area contributed by atoms with Gasteiger partial charge in [0.05, 0.1) is 25.4 Å². The van der Waals surface area contributed by atoms with Crippen molar-refractivity contribution in [3.05, 3.63) is 54.1 Å². The average Bonchev–Trinajstić information content (AvgIpc) is 0.818. The second-order valence-electron chi connectivity index (χ2n) is 27.2. The zero-order valence-electron chi connectivity index (χ0n) is 60.0. The van der Waals surface area contributed by atoms with E-state index in [0.717, 1.165) is 20.3 Å². The quantitative estimate of drug-likeness (QED) is 0.128. The van der Waals surface area contributed by atoms with E-state index >= 15 is 14.4 Å². The fraction of sp³-hybridized carbons (Fsp3) is 0.696. The normalized spacial score (nSPS) is 25.9. The third-order valence-electron chi connectivity index (χ3n) is 17.3. The van der Waals surface area contributed by atoms with Crippen LogP contribution >= 0.6 is 0 Å². The van der Waals surface area contributed by atoms with Gasteiger partial charge in [-0.15, -0.1) is 0 Å². The van der Waals surface area contributed by atoms with Crippen LogP contribution in [0.25, 0.3) is 6.08 Å². The van der Waals surface area contributed by atoms with Crippen LogP contribution in [0.15, 0.2) is 48.6 Å². The van der Waals surface area contributed by atoms with Gasteiger partial charge in [-0.1, -0.05) is 138 Å². The van der Waals surface area contributed by atoms with Crippen LogP contribution in [0.5, 0.6) is 0 Å². The van der Waals surface area contributed by atoms with E-state index < -0.39 is 162 Å². The summed E-state index contributed by atoms with van der Waals surface area (Å²) in [4.78, 5) is 170. The smallest absolute Gasteiger partial charge is 0.246 e. The van der Waals surface area contributed by atoms with Gasteiger partial charge in [-0.25, -0.2) is 0 Å². The first-order chi connectivity index (χ1) is 43.3. The monoisotopic (exact) mass is 1310 g/mol. The standard InChI is InChI=1S/C69H115N11O13/c1-24-26-31-45(13)59(82)58-63(86)72-50(25-2)65(88)74(17)39-54(81)78(21)57(48(16)93-35-30-34-49-32-28-27-29-33-49)62(85)73-55(43(9)10)68(91)75(18)51(36-40(3)4)61(84)70-46(14)60(83)71-47(15)64(87)76(19)52(37-41(5)6)66(89)77(20)53(38-42(7)8)67(90)79(22)56(44(11)12)69(92)80(58)23/h24,26-30,32-34,40-48,50-53,55-59,82H,25,31,35-39H2,1-23H3,(H,70,84)(H,71,83)(H,72,86)(H,73,85)/t45-,46+,47-,48-,50+,51+,52+,53+,55+,56+,57+,58+,59-/m1/s1. The predicted octanol–water partition coefficient (Wildman–Crippen LogP) is 4.34. The van der Waals surface area contributed by atoms with Crippen molar-refractivity contribution >= 4 is 71.1 Å². The Morgan fingerprint density at radius 3 is 1.51 bits per heavy atom. The number of benzene rings is 1. The Balaban J connectivity index is 3.01. The highest BCUT2D eigenvalue weighted by molar-refractivity contribution is 5.99. The summed E-state index contributed by atoms with van der Waals surface area (Å²) in [5, 5.41) is 23.2. The van der Waals surface area contributed by atoms with Crippen molar-refractivity contribution in [2.75, 3.05) is 62.5 Å².